The number of hydrogen-bond donors (Lipinski definition) is 2. The number of nitrogens with zero attached hydrogens (tertiary/aromatic N) is 2. The molecule has 3 rings (SSSR count). The molecule has 0 saturated carbocycles. The van der Waals surface area contributed by atoms with E-state index in [1.807, 2.05) is 0 Å². The van der Waals surface area contributed by atoms with Crippen LogP contribution in [-0.4, -0.2) is 35.1 Å². The molecule has 0 unspecified atom stereocenters. The Balaban J connectivity index is 1.62. The van der Waals surface area contributed by atoms with Crippen molar-refractivity contribution < 1.29 is 19.2 Å². The Labute approximate surface area is 174 Å². The lowest BCUT2D eigenvalue weighted by Crippen LogP contribution is -2.37. The van der Waals surface area contributed by atoms with E-state index in [0.29, 0.717) is 10.2 Å². The Kier molecular flexibility index (Phi) is 6.04. The second kappa shape index (κ2) is 8.67. The van der Waals surface area contributed by atoms with Gasteiger partial charge in [0, 0.05) is 16.7 Å². The zero-order chi connectivity index (χ0) is 21.0. The Hall–Kier alpha value is -3.51. The van der Waals surface area contributed by atoms with Gasteiger partial charge < -0.3 is 10.6 Å². The second-order valence-corrected chi connectivity index (χ2v) is 7.16. The molecule has 1 heterocycles. The van der Waals surface area contributed by atoms with E-state index in [9.17, 15) is 19.2 Å². The number of fused-ring (bicyclic) bond motifs is 1. The van der Waals surface area contributed by atoms with Crippen molar-refractivity contribution in [2.24, 2.45) is 0 Å². The molecule has 0 aliphatic carbocycles. The first kappa shape index (κ1) is 20.2. The van der Waals surface area contributed by atoms with Crippen LogP contribution in [0, 0.1) is 11.3 Å². The lowest BCUT2D eigenvalue weighted by atomic mass is 10.1. The maximum Gasteiger partial charge on any atom is 0.262 e. The maximum atomic E-state index is 12.4. The molecule has 4 amide bonds. The molecule has 9 heteroatoms. The van der Waals surface area contributed by atoms with Gasteiger partial charge in [0.1, 0.15) is 13.0 Å². The fraction of sp³-hybridized carbons (Fsp3) is 0.150. The van der Waals surface area contributed by atoms with Gasteiger partial charge in [0.15, 0.2) is 0 Å². The summed E-state index contributed by atoms with van der Waals surface area (Å²) in [6, 6.07) is 13.3. The minimum absolute atomic E-state index is 0.206. The predicted octanol–water partition coefficient (Wildman–Crippen LogP) is 2.21. The quantitative estimate of drug-likeness (QED) is 0.648. The summed E-state index contributed by atoms with van der Waals surface area (Å²) in [6.07, 6.45) is -0.229. The minimum Gasteiger partial charge on any atom is -0.351 e. The fourth-order valence-corrected chi connectivity index (χ4v) is 3.21. The van der Waals surface area contributed by atoms with Gasteiger partial charge in [0.2, 0.25) is 11.8 Å². The Bertz CT molecular complexity index is 1060. The molecule has 8 nitrogen and oxygen atoms in total. The lowest BCUT2D eigenvalue weighted by Gasteiger charge is -2.14. The molecular weight excluding hydrogens is 440 g/mol. The predicted molar refractivity (Wildman–Crippen MR) is 107 cm³/mol. The molecule has 2 N–H and O–H groups in total. The Morgan fingerprint density at radius 2 is 1.79 bits per heavy atom. The van der Waals surface area contributed by atoms with Gasteiger partial charge >= 0.3 is 0 Å². The van der Waals surface area contributed by atoms with E-state index >= 15 is 0 Å². The smallest absolute Gasteiger partial charge is 0.262 e. The van der Waals surface area contributed by atoms with E-state index in [1.165, 1.54) is 0 Å². The fourth-order valence-electron chi connectivity index (χ4n) is 2.84. The number of nitrogens with one attached hydrogen (secondary N) is 2. The van der Waals surface area contributed by atoms with Crippen molar-refractivity contribution in [2.45, 2.75) is 13.0 Å². The van der Waals surface area contributed by atoms with Crippen LogP contribution in [0.2, 0.25) is 0 Å². The standard InChI is InChI=1S/C20H15BrN4O4/c21-13-4-5-15-16(9-13)20(29)25(19(15)28)11-18(27)24-14-3-1-2-12(8-14)10-23-17(26)6-7-22/h1-5,8-9H,6,10-11H2,(H,23,26)(H,24,27). The normalized spacial score (nSPS) is 12.3. The third-order valence-electron chi connectivity index (χ3n) is 4.17. The summed E-state index contributed by atoms with van der Waals surface area (Å²) in [5.41, 5.74) is 1.70. The highest BCUT2D eigenvalue weighted by atomic mass is 79.9. The highest BCUT2D eigenvalue weighted by Crippen LogP contribution is 2.26. The third kappa shape index (κ3) is 4.67. The summed E-state index contributed by atoms with van der Waals surface area (Å²) >= 11 is 3.26. The topological polar surface area (TPSA) is 119 Å². The van der Waals surface area contributed by atoms with Crippen LogP contribution in [0.1, 0.15) is 32.7 Å². The number of carbonyl (C=O) groups excluding carboxylic acids is 4. The number of anilines is 1. The average molecular weight is 455 g/mol. The Morgan fingerprint density at radius 1 is 1.03 bits per heavy atom. The highest BCUT2D eigenvalue weighted by molar-refractivity contribution is 9.10. The molecule has 1 aliphatic rings. The van der Waals surface area contributed by atoms with Gasteiger partial charge in [-0.25, -0.2) is 0 Å². The Morgan fingerprint density at radius 3 is 2.55 bits per heavy atom. The first-order valence-corrected chi connectivity index (χ1v) is 9.36. The van der Waals surface area contributed by atoms with Gasteiger partial charge in [0.05, 0.1) is 17.2 Å². The average Bonchev–Trinajstić information content (AvgIpc) is 2.91. The van der Waals surface area contributed by atoms with Crippen molar-refractivity contribution in [1.82, 2.24) is 10.2 Å². The number of halogens is 1. The first-order valence-electron chi connectivity index (χ1n) is 8.57. The van der Waals surface area contributed by atoms with Crippen LogP contribution in [-0.2, 0) is 16.1 Å². The van der Waals surface area contributed by atoms with Crippen LogP contribution >= 0.6 is 15.9 Å². The molecule has 2 aromatic carbocycles. The molecular formula is C20H15BrN4O4. The molecule has 0 bridgehead atoms. The van der Waals surface area contributed by atoms with Crippen LogP contribution in [0.15, 0.2) is 46.9 Å². The van der Waals surface area contributed by atoms with Gasteiger partial charge in [-0.1, -0.05) is 28.1 Å². The van der Waals surface area contributed by atoms with Crippen molar-refractivity contribution in [2.75, 3.05) is 11.9 Å². The number of carbonyl (C=O) groups is 4. The van der Waals surface area contributed by atoms with Gasteiger partial charge in [-0.3, -0.25) is 24.1 Å². The summed E-state index contributed by atoms with van der Waals surface area (Å²) in [5, 5.41) is 13.7. The number of nitriles is 1. The number of hydrogen-bond acceptors (Lipinski definition) is 5. The molecule has 0 fully saturated rings. The van der Waals surface area contributed by atoms with E-state index < -0.39 is 24.3 Å². The molecule has 0 atom stereocenters. The van der Waals surface area contributed by atoms with Gasteiger partial charge in [-0.15, -0.1) is 0 Å². The summed E-state index contributed by atoms with van der Waals surface area (Å²) in [4.78, 5) is 49.5. The van der Waals surface area contributed by atoms with Crippen molar-refractivity contribution in [3.8, 4) is 6.07 Å². The zero-order valence-electron chi connectivity index (χ0n) is 15.1. The van der Waals surface area contributed by atoms with E-state index in [0.717, 1.165) is 10.5 Å². The lowest BCUT2D eigenvalue weighted by molar-refractivity contribution is -0.120. The SMILES string of the molecule is N#CCC(=O)NCc1cccc(NC(=O)CN2C(=O)c3ccc(Br)cc3C2=O)c1. The summed E-state index contributed by atoms with van der Waals surface area (Å²) in [6.45, 7) is -0.204. The van der Waals surface area contributed by atoms with Crippen LogP contribution in [0.4, 0.5) is 5.69 Å². The van der Waals surface area contributed by atoms with Crippen LogP contribution < -0.4 is 10.6 Å². The van der Waals surface area contributed by atoms with Gasteiger partial charge in [0.25, 0.3) is 11.8 Å². The van der Waals surface area contributed by atoms with Gasteiger partial charge in [-0.2, -0.15) is 5.26 Å². The zero-order valence-corrected chi connectivity index (χ0v) is 16.7. The monoisotopic (exact) mass is 454 g/mol. The van der Waals surface area contributed by atoms with E-state index in [-0.39, 0.29) is 30.0 Å². The van der Waals surface area contributed by atoms with E-state index in [1.54, 1.807) is 48.5 Å². The van der Waals surface area contributed by atoms with Crippen LogP contribution in [0.25, 0.3) is 0 Å². The van der Waals surface area contributed by atoms with Crippen molar-refractivity contribution in [3.05, 3.63) is 63.6 Å². The molecule has 0 aromatic heterocycles. The minimum atomic E-state index is -0.524. The van der Waals surface area contributed by atoms with E-state index in [2.05, 4.69) is 26.6 Å². The molecule has 0 radical (unpaired) electrons. The number of rotatable bonds is 6. The molecule has 146 valence electrons. The molecule has 2 aromatic rings. The third-order valence-corrected chi connectivity index (χ3v) is 4.67. The van der Waals surface area contributed by atoms with E-state index in [4.69, 9.17) is 5.26 Å². The summed E-state index contributed by atoms with van der Waals surface area (Å²) < 4.78 is 0.669. The number of imide groups is 1. The number of amides is 4. The first-order chi connectivity index (χ1) is 13.9. The molecule has 1 aliphatic heterocycles. The maximum absolute atomic E-state index is 12.4. The molecule has 29 heavy (non-hydrogen) atoms. The number of benzene rings is 2. The summed E-state index contributed by atoms with van der Waals surface area (Å²) in [5.74, 6) is -1.94. The van der Waals surface area contributed by atoms with Crippen molar-refractivity contribution in [3.63, 3.8) is 0 Å². The molecule has 0 spiro atoms. The largest absolute Gasteiger partial charge is 0.351 e. The van der Waals surface area contributed by atoms with Crippen molar-refractivity contribution in [1.29, 1.82) is 5.26 Å². The summed E-state index contributed by atoms with van der Waals surface area (Å²) in [7, 11) is 0. The second-order valence-electron chi connectivity index (χ2n) is 6.25. The van der Waals surface area contributed by atoms with Crippen LogP contribution in [0.5, 0.6) is 0 Å². The van der Waals surface area contributed by atoms with Crippen LogP contribution in [0.3, 0.4) is 0 Å². The van der Waals surface area contributed by atoms with Gasteiger partial charge in [-0.05, 0) is 35.9 Å². The van der Waals surface area contributed by atoms with Crippen molar-refractivity contribution >= 4 is 45.2 Å². The highest BCUT2D eigenvalue weighted by Gasteiger charge is 2.36. The molecule has 0 saturated heterocycles.